The fourth-order valence-electron chi connectivity index (χ4n) is 3.17. The second-order valence-corrected chi connectivity index (χ2v) is 6.59. The molecule has 0 aliphatic carbocycles. The van der Waals surface area contributed by atoms with Crippen molar-refractivity contribution in [1.82, 2.24) is 25.4 Å². The molecule has 140 valence electrons. The molecule has 0 radical (unpaired) electrons. The number of carbonyl (C=O) groups excluding carboxylic acids is 1. The number of rotatable bonds is 4. The van der Waals surface area contributed by atoms with Gasteiger partial charge in [-0.2, -0.15) is 5.26 Å². The van der Waals surface area contributed by atoms with E-state index < -0.39 is 0 Å². The Labute approximate surface area is 160 Å². The molecule has 1 aliphatic rings. The molecular weight excluding hydrogens is 356 g/mol. The van der Waals surface area contributed by atoms with E-state index >= 15 is 0 Å². The van der Waals surface area contributed by atoms with E-state index in [1.54, 1.807) is 42.6 Å². The van der Waals surface area contributed by atoms with E-state index in [1.807, 2.05) is 0 Å². The molecule has 0 saturated carbocycles. The van der Waals surface area contributed by atoms with Crippen molar-refractivity contribution >= 4 is 5.91 Å². The molecule has 0 unspecified atom stereocenters. The predicted molar refractivity (Wildman–Crippen MR) is 103 cm³/mol. The van der Waals surface area contributed by atoms with Gasteiger partial charge in [-0.25, -0.2) is 9.67 Å². The summed E-state index contributed by atoms with van der Waals surface area (Å²) in [7, 11) is 0. The van der Waals surface area contributed by atoms with Gasteiger partial charge >= 0.3 is 0 Å². The molecule has 1 amide bonds. The van der Waals surface area contributed by atoms with Gasteiger partial charge in [0.2, 0.25) is 0 Å². The molecule has 2 aromatic heterocycles. The lowest BCUT2D eigenvalue weighted by molar-refractivity contribution is 0.0939. The van der Waals surface area contributed by atoms with Gasteiger partial charge < -0.3 is 10.6 Å². The van der Waals surface area contributed by atoms with Gasteiger partial charge in [-0.3, -0.25) is 14.7 Å². The van der Waals surface area contributed by atoms with Crippen molar-refractivity contribution in [2.24, 2.45) is 0 Å². The standard InChI is InChI=1S/C20H18N6O2/c21-9-13-1-3-14(4-2-13)17-12-24-26(20(17)28)18-6-5-15(10-23-18)19(27)25-16-7-8-22-11-16/h1-6,10,12,16,22,24H,7-8,11H2,(H,25,27)/t16-/m0/s1. The Balaban J connectivity index is 1.54. The maximum Gasteiger partial charge on any atom is 0.280 e. The molecular formula is C20H18N6O2. The molecule has 8 heteroatoms. The molecule has 0 bridgehead atoms. The highest BCUT2D eigenvalue weighted by molar-refractivity contribution is 5.94. The van der Waals surface area contributed by atoms with Crippen LogP contribution in [0.1, 0.15) is 22.3 Å². The van der Waals surface area contributed by atoms with Crippen LogP contribution in [-0.4, -0.2) is 39.8 Å². The molecule has 4 rings (SSSR count). The average molecular weight is 374 g/mol. The Hall–Kier alpha value is -3.70. The van der Waals surface area contributed by atoms with Gasteiger partial charge in [-0.05, 0) is 42.8 Å². The van der Waals surface area contributed by atoms with Crippen LogP contribution in [0.25, 0.3) is 16.9 Å². The van der Waals surface area contributed by atoms with Crippen molar-refractivity contribution in [3.63, 3.8) is 0 Å². The largest absolute Gasteiger partial charge is 0.348 e. The van der Waals surface area contributed by atoms with E-state index in [0.29, 0.717) is 28.1 Å². The van der Waals surface area contributed by atoms with E-state index in [-0.39, 0.29) is 17.5 Å². The molecule has 1 saturated heterocycles. The van der Waals surface area contributed by atoms with Crippen molar-refractivity contribution in [3.05, 3.63) is 70.3 Å². The van der Waals surface area contributed by atoms with Gasteiger partial charge in [0.05, 0.1) is 22.8 Å². The molecule has 28 heavy (non-hydrogen) atoms. The number of nitrogens with zero attached hydrogens (tertiary/aromatic N) is 3. The smallest absolute Gasteiger partial charge is 0.280 e. The zero-order chi connectivity index (χ0) is 19.5. The Kier molecular flexibility index (Phi) is 4.74. The topological polar surface area (TPSA) is 116 Å². The van der Waals surface area contributed by atoms with Crippen LogP contribution in [0.3, 0.4) is 0 Å². The summed E-state index contributed by atoms with van der Waals surface area (Å²) in [6.45, 7) is 1.67. The van der Waals surface area contributed by atoms with Gasteiger partial charge in [0.25, 0.3) is 11.5 Å². The molecule has 3 N–H and O–H groups in total. The highest BCUT2D eigenvalue weighted by Crippen LogP contribution is 2.16. The number of aromatic nitrogens is 3. The van der Waals surface area contributed by atoms with Gasteiger partial charge in [0.15, 0.2) is 5.82 Å². The number of hydrogen-bond acceptors (Lipinski definition) is 5. The summed E-state index contributed by atoms with van der Waals surface area (Å²) in [4.78, 5) is 29.2. The third-order valence-corrected chi connectivity index (χ3v) is 4.73. The molecule has 3 aromatic rings. The first-order chi connectivity index (χ1) is 13.7. The molecule has 1 fully saturated rings. The number of pyridine rings is 1. The second-order valence-electron chi connectivity index (χ2n) is 6.59. The first kappa shape index (κ1) is 17.7. The lowest BCUT2D eigenvalue weighted by atomic mass is 10.1. The van der Waals surface area contributed by atoms with E-state index in [1.165, 1.54) is 10.9 Å². The third kappa shape index (κ3) is 3.43. The van der Waals surface area contributed by atoms with Gasteiger partial charge in [0.1, 0.15) is 0 Å². The number of nitriles is 1. The van der Waals surface area contributed by atoms with E-state index in [9.17, 15) is 9.59 Å². The van der Waals surface area contributed by atoms with Crippen LogP contribution in [0.15, 0.2) is 53.6 Å². The van der Waals surface area contributed by atoms with Crippen LogP contribution in [-0.2, 0) is 0 Å². The summed E-state index contributed by atoms with van der Waals surface area (Å²) in [6.07, 6.45) is 3.97. The predicted octanol–water partition coefficient (Wildman–Crippen LogP) is 1.19. The summed E-state index contributed by atoms with van der Waals surface area (Å²) in [5.41, 5.74) is 1.90. The zero-order valence-corrected chi connectivity index (χ0v) is 15.0. The number of hydrogen-bond donors (Lipinski definition) is 3. The Morgan fingerprint density at radius 2 is 2.07 bits per heavy atom. The second kappa shape index (κ2) is 7.50. The lowest BCUT2D eigenvalue weighted by Gasteiger charge is -2.11. The van der Waals surface area contributed by atoms with Gasteiger partial charge in [0, 0.05) is 25.0 Å². The monoisotopic (exact) mass is 374 g/mol. The number of amides is 1. The van der Waals surface area contributed by atoms with Crippen LogP contribution in [0.4, 0.5) is 0 Å². The maximum atomic E-state index is 12.7. The van der Waals surface area contributed by atoms with Crippen molar-refractivity contribution in [3.8, 4) is 23.0 Å². The van der Waals surface area contributed by atoms with Crippen molar-refractivity contribution < 1.29 is 4.79 Å². The van der Waals surface area contributed by atoms with E-state index in [0.717, 1.165) is 19.5 Å². The lowest BCUT2D eigenvalue weighted by Crippen LogP contribution is -2.36. The van der Waals surface area contributed by atoms with Gasteiger partial charge in [-0.15, -0.1) is 0 Å². The summed E-state index contributed by atoms with van der Waals surface area (Å²) in [5, 5.41) is 17.9. The first-order valence-electron chi connectivity index (χ1n) is 8.94. The summed E-state index contributed by atoms with van der Waals surface area (Å²) in [6, 6.07) is 12.2. The third-order valence-electron chi connectivity index (χ3n) is 4.73. The fraction of sp³-hybridized carbons (Fsp3) is 0.200. The van der Waals surface area contributed by atoms with Crippen LogP contribution in [0.5, 0.6) is 0 Å². The highest BCUT2D eigenvalue weighted by Gasteiger charge is 2.18. The highest BCUT2D eigenvalue weighted by atomic mass is 16.2. The molecule has 1 aliphatic heterocycles. The number of nitrogens with one attached hydrogen (secondary N) is 3. The Morgan fingerprint density at radius 3 is 2.71 bits per heavy atom. The molecule has 1 atom stereocenters. The summed E-state index contributed by atoms with van der Waals surface area (Å²) >= 11 is 0. The van der Waals surface area contributed by atoms with Crippen LogP contribution in [0.2, 0.25) is 0 Å². The quantitative estimate of drug-likeness (QED) is 0.634. The number of benzene rings is 1. The van der Waals surface area contributed by atoms with Gasteiger partial charge in [-0.1, -0.05) is 12.1 Å². The minimum atomic E-state index is -0.258. The first-order valence-corrected chi connectivity index (χ1v) is 8.94. The number of carbonyl (C=O) groups is 1. The maximum absolute atomic E-state index is 12.7. The van der Waals surface area contributed by atoms with E-state index in [2.05, 4.69) is 26.8 Å². The normalized spacial score (nSPS) is 15.9. The minimum Gasteiger partial charge on any atom is -0.348 e. The van der Waals surface area contributed by atoms with Crippen LogP contribution < -0.4 is 16.2 Å². The summed E-state index contributed by atoms with van der Waals surface area (Å²) < 4.78 is 1.32. The van der Waals surface area contributed by atoms with Crippen LogP contribution in [0, 0.1) is 11.3 Å². The average Bonchev–Trinajstić information content (AvgIpc) is 3.38. The molecule has 3 heterocycles. The van der Waals surface area contributed by atoms with Crippen molar-refractivity contribution in [2.75, 3.05) is 13.1 Å². The minimum absolute atomic E-state index is 0.133. The Morgan fingerprint density at radius 1 is 1.25 bits per heavy atom. The molecule has 8 nitrogen and oxygen atoms in total. The number of aromatic amines is 1. The zero-order valence-electron chi connectivity index (χ0n) is 15.0. The van der Waals surface area contributed by atoms with Crippen molar-refractivity contribution in [1.29, 1.82) is 5.26 Å². The Bertz CT molecular complexity index is 1080. The van der Waals surface area contributed by atoms with E-state index in [4.69, 9.17) is 5.26 Å². The SMILES string of the molecule is N#Cc1ccc(-c2c[nH]n(-c3ccc(C(=O)N[C@H]4CCNC4)cn3)c2=O)cc1. The molecule has 0 spiro atoms. The fourth-order valence-corrected chi connectivity index (χ4v) is 3.17. The molecule has 1 aromatic carbocycles. The number of H-pyrrole nitrogens is 1. The van der Waals surface area contributed by atoms with Crippen LogP contribution >= 0.6 is 0 Å². The summed E-state index contributed by atoms with van der Waals surface area (Å²) in [5.74, 6) is 0.217. The van der Waals surface area contributed by atoms with Crippen molar-refractivity contribution in [2.45, 2.75) is 12.5 Å².